The van der Waals surface area contributed by atoms with E-state index in [4.69, 9.17) is 5.11 Å². The van der Waals surface area contributed by atoms with Gasteiger partial charge in [-0.2, -0.15) is 0 Å². The van der Waals surface area contributed by atoms with E-state index in [1.165, 1.54) is 11.0 Å². The fourth-order valence-electron chi connectivity index (χ4n) is 3.62. The molecule has 134 valence electrons. The Bertz CT molecular complexity index is 685. The Morgan fingerprint density at radius 1 is 1.08 bits per heavy atom. The predicted molar refractivity (Wildman–Crippen MR) is 88.4 cm³/mol. The number of nitrogens with zero attached hydrogens (tertiary/aromatic N) is 1. The summed E-state index contributed by atoms with van der Waals surface area (Å²) < 4.78 is 13.9. The standard InChI is InChI=1S/C18H21FN2O4/c19-13-3-1-2-4-15(13)21-10-9-14(17(21)23)20-16(22)11-5-7-12(8-6-11)18(24)25/h1-4,11-12,14H,5-10H2,(H,20,22)(H,24,25). The summed E-state index contributed by atoms with van der Waals surface area (Å²) in [6.45, 7) is 0.358. The number of aliphatic carboxylic acids is 1. The minimum Gasteiger partial charge on any atom is -0.481 e. The lowest BCUT2D eigenvalue weighted by Crippen LogP contribution is -2.45. The number of carboxylic acid groups (broad SMARTS) is 1. The monoisotopic (exact) mass is 348 g/mol. The van der Waals surface area contributed by atoms with E-state index >= 15 is 0 Å². The zero-order chi connectivity index (χ0) is 18.0. The van der Waals surface area contributed by atoms with Crippen LogP contribution in [0, 0.1) is 17.7 Å². The van der Waals surface area contributed by atoms with Gasteiger partial charge in [-0.25, -0.2) is 4.39 Å². The normalized spacial score (nSPS) is 26.5. The fourth-order valence-corrected chi connectivity index (χ4v) is 3.62. The molecule has 7 heteroatoms. The van der Waals surface area contributed by atoms with Crippen molar-refractivity contribution in [3.8, 4) is 0 Å². The molecule has 3 rings (SSSR count). The summed E-state index contributed by atoms with van der Waals surface area (Å²) in [4.78, 5) is 37.2. The van der Waals surface area contributed by atoms with Gasteiger partial charge in [-0.05, 0) is 44.2 Å². The van der Waals surface area contributed by atoms with Crippen LogP contribution in [0.1, 0.15) is 32.1 Å². The quantitative estimate of drug-likeness (QED) is 0.871. The second-order valence-corrected chi connectivity index (χ2v) is 6.68. The van der Waals surface area contributed by atoms with Crippen molar-refractivity contribution < 1.29 is 23.9 Å². The van der Waals surface area contributed by atoms with Crippen LogP contribution in [0.25, 0.3) is 0 Å². The van der Waals surface area contributed by atoms with Crippen LogP contribution in [0.4, 0.5) is 10.1 Å². The summed E-state index contributed by atoms with van der Waals surface area (Å²) in [5.41, 5.74) is 0.228. The molecule has 1 aromatic carbocycles. The van der Waals surface area contributed by atoms with Crippen LogP contribution in [-0.2, 0) is 14.4 Å². The van der Waals surface area contributed by atoms with Crippen LogP contribution in [0.15, 0.2) is 24.3 Å². The van der Waals surface area contributed by atoms with Crippen LogP contribution in [0.2, 0.25) is 0 Å². The smallest absolute Gasteiger partial charge is 0.306 e. The highest BCUT2D eigenvalue weighted by Gasteiger charge is 2.37. The third-order valence-electron chi connectivity index (χ3n) is 5.11. The first kappa shape index (κ1) is 17.4. The molecule has 0 aromatic heterocycles. The van der Waals surface area contributed by atoms with Gasteiger partial charge in [0.05, 0.1) is 11.6 Å². The van der Waals surface area contributed by atoms with E-state index in [1.54, 1.807) is 18.2 Å². The molecule has 1 aliphatic heterocycles. The van der Waals surface area contributed by atoms with Crippen molar-refractivity contribution in [2.24, 2.45) is 11.8 Å². The van der Waals surface area contributed by atoms with Gasteiger partial charge >= 0.3 is 5.97 Å². The van der Waals surface area contributed by atoms with E-state index in [0.717, 1.165) is 0 Å². The topological polar surface area (TPSA) is 86.7 Å². The summed E-state index contributed by atoms with van der Waals surface area (Å²) >= 11 is 0. The number of nitrogens with one attached hydrogen (secondary N) is 1. The highest BCUT2D eigenvalue weighted by Crippen LogP contribution is 2.30. The maximum Gasteiger partial charge on any atom is 0.306 e. The molecule has 2 aliphatic rings. The Hall–Kier alpha value is -2.44. The second-order valence-electron chi connectivity index (χ2n) is 6.68. The van der Waals surface area contributed by atoms with Gasteiger partial charge in [0, 0.05) is 12.5 Å². The molecule has 2 amide bonds. The van der Waals surface area contributed by atoms with Gasteiger partial charge in [0.15, 0.2) is 0 Å². The van der Waals surface area contributed by atoms with E-state index in [0.29, 0.717) is 38.6 Å². The van der Waals surface area contributed by atoms with Gasteiger partial charge in [0.2, 0.25) is 11.8 Å². The number of hydrogen-bond donors (Lipinski definition) is 2. The Kier molecular flexibility index (Phi) is 5.01. The Morgan fingerprint density at radius 2 is 1.72 bits per heavy atom. The number of benzene rings is 1. The molecule has 1 saturated carbocycles. The molecule has 1 heterocycles. The summed E-state index contributed by atoms with van der Waals surface area (Å²) in [5, 5.41) is 11.8. The third kappa shape index (κ3) is 3.65. The summed E-state index contributed by atoms with van der Waals surface area (Å²) in [7, 11) is 0. The minimum atomic E-state index is -0.814. The molecular weight excluding hydrogens is 327 g/mol. The zero-order valence-electron chi connectivity index (χ0n) is 13.8. The lowest BCUT2D eigenvalue weighted by molar-refractivity contribution is -0.144. The molecule has 1 atom stereocenters. The first-order valence-corrected chi connectivity index (χ1v) is 8.56. The second kappa shape index (κ2) is 7.21. The summed E-state index contributed by atoms with van der Waals surface area (Å²) in [6.07, 6.45) is 2.42. The Labute approximate surface area is 145 Å². The zero-order valence-corrected chi connectivity index (χ0v) is 13.8. The van der Waals surface area contributed by atoms with Gasteiger partial charge in [-0.1, -0.05) is 12.1 Å². The van der Waals surface area contributed by atoms with Gasteiger partial charge in [-0.15, -0.1) is 0 Å². The van der Waals surface area contributed by atoms with Crippen molar-refractivity contribution >= 4 is 23.5 Å². The summed E-state index contributed by atoms with van der Waals surface area (Å²) in [6, 6.07) is 5.43. The van der Waals surface area contributed by atoms with Crippen LogP contribution in [-0.4, -0.2) is 35.5 Å². The molecule has 0 spiro atoms. The van der Waals surface area contributed by atoms with Crippen molar-refractivity contribution in [2.75, 3.05) is 11.4 Å². The van der Waals surface area contributed by atoms with Crippen LogP contribution < -0.4 is 10.2 Å². The summed E-state index contributed by atoms with van der Waals surface area (Å²) in [5.74, 6) is -2.44. The van der Waals surface area contributed by atoms with Gasteiger partial charge < -0.3 is 15.3 Å². The SMILES string of the molecule is O=C(O)C1CCC(C(=O)NC2CCN(c3ccccc3F)C2=O)CC1. The predicted octanol–water partition coefficient (Wildman–Crippen LogP) is 1.94. The third-order valence-corrected chi connectivity index (χ3v) is 5.11. The molecule has 1 aromatic rings. The average Bonchev–Trinajstić information content (AvgIpc) is 2.96. The van der Waals surface area contributed by atoms with Crippen molar-refractivity contribution in [1.82, 2.24) is 5.32 Å². The van der Waals surface area contributed by atoms with Crippen LogP contribution in [0.5, 0.6) is 0 Å². The maximum absolute atomic E-state index is 13.9. The number of carbonyl (C=O) groups excluding carboxylic acids is 2. The Balaban J connectivity index is 1.57. The molecule has 6 nitrogen and oxygen atoms in total. The number of rotatable bonds is 4. The number of carbonyl (C=O) groups is 3. The molecule has 1 aliphatic carbocycles. The number of para-hydroxylation sites is 1. The van der Waals surface area contributed by atoms with E-state index in [1.807, 2.05) is 0 Å². The fraction of sp³-hybridized carbons (Fsp3) is 0.500. The molecule has 1 unspecified atom stereocenters. The van der Waals surface area contributed by atoms with Gasteiger partial charge in [-0.3, -0.25) is 14.4 Å². The molecule has 25 heavy (non-hydrogen) atoms. The van der Waals surface area contributed by atoms with E-state index in [-0.39, 0.29) is 29.3 Å². The highest BCUT2D eigenvalue weighted by atomic mass is 19.1. The molecule has 1 saturated heterocycles. The average molecular weight is 348 g/mol. The number of hydrogen-bond acceptors (Lipinski definition) is 3. The van der Waals surface area contributed by atoms with E-state index in [9.17, 15) is 18.8 Å². The number of amides is 2. The minimum absolute atomic E-state index is 0.211. The lowest BCUT2D eigenvalue weighted by atomic mass is 9.81. The first-order valence-electron chi connectivity index (χ1n) is 8.56. The highest BCUT2D eigenvalue weighted by molar-refractivity contribution is 6.01. The maximum atomic E-state index is 13.9. The lowest BCUT2D eigenvalue weighted by Gasteiger charge is -2.26. The van der Waals surface area contributed by atoms with Gasteiger partial charge in [0.25, 0.3) is 0 Å². The first-order chi connectivity index (χ1) is 12.0. The van der Waals surface area contributed by atoms with Crippen molar-refractivity contribution in [1.29, 1.82) is 0 Å². The van der Waals surface area contributed by atoms with Gasteiger partial charge in [0.1, 0.15) is 11.9 Å². The molecule has 0 radical (unpaired) electrons. The number of anilines is 1. The van der Waals surface area contributed by atoms with E-state index in [2.05, 4.69) is 5.32 Å². The molecular formula is C18H21FN2O4. The molecule has 2 fully saturated rings. The van der Waals surface area contributed by atoms with Crippen LogP contribution in [0.3, 0.4) is 0 Å². The molecule has 0 bridgehead atoms. The van der Waals surface area contributed by atoms with Crippen molar-refractivity contribution in [2.45, 2.75) is 38.1 Å². The largest absolute Gasteiger partial charge is 0.481 e. The Morgan fingerprint density at radius 3 is 2.36 bits per heavy atom. The number of carboxylic acids is 1. The van der Waals surface area contributed by atoms with Crippen LogP contribution >= 0.6 is 0 Å². The van der Waals surface area contributed by atoms with E-state index < -0.39 is 17.8 Å². The number of halogens is 1. The molecule has 2 N–H and O–H groups in total. The van der Waals surface area contributed by atoms with Crippen molar-refractivity contribution in [3.05, 3.63) is 30.1 Å². The van der Waals surface area contributed by atoms with Crippen molar-refractivity contribution in [3.63, 3.8) is 0 Å².